The van der Waals surface area contributed by atoms with Crippen molar-refractivity contribution in [2.45, 2.75) is 13.1 Å². The maximum atomic E-state index is 5.93. The van der Waals surface area contributed by atoms with E-state index >= 15 is 0 Å². The summed E-state index contributed by atoms with van der Waals surface area (Å²) in [7, 11) is -2.35. The number of hydrogen-bond acceptors (Lipinski definition) is 2. The van der Waals surface area contributed by atoms with Crippen LogP contribution in [0.1, 0.15) is 0 Å². The third kappa shape index (κ3) is 4.46. The minimum Gasteiger partial charge on any atom is -0.512 e. The fourth-order valence-corrected chi connectivity index (χ4v) is 3.44. The normalized spacial score (nSPS) is 11.2. The summed E-state index contributed by atoms with van der Waals surface area (Å²) in [5, 5.41) is 1.29. The van der Waals surface area contributed by atoms with Gasteiger partial charge < -0.3 is 8.85 Å². The molecule has 0 aliphatic carbocycles. The summed E-state index contributed by atoms with van der Waals surface area (Å²) in [6, 6.07) is 14.6. The largest absolute Gasteiger partial charge is 0.512 e. The molecule has 0 heterocycles. The van der Waals surface area contributed by atoms with Gasteiger partial charge in [0.1, 0.15) is 11.5 Å². The van der Waals surface area contributed by atoms with Crippen molar-refractivity contribution >= 4 is 31.8 Å². The Morgan fingerprint density at radius 3 is 1.58 bits per heavy atom. The minimum atomic E-state index is -2.35. The van der Waals surface area contributed by atoms with Crippen LogP contribution in [0.2, 0.25) is 23.1 Å². The molecule has 0 bridgehead atoms. The SMILES string of the molecule is C[Si](C)(Oc1cccc(Cl)c1)Oc1cccc(Cl)c1. The van der Waals surface area contributed by atoms with Crippen LogP contribution in [0.5, 0.6) is 11.5 Å². The van der Waals surface area contributed by atoms with E-state index in [1.54, 1.807) is 24.3 Å². The molecule has 0 N–H and O–H groups in total. The van der Waals surface area contributed by atoms with E-state index in [0.29, 0.717) is 21.5 Å². The highest BCUT2D eigenvalue weighted by molar-refractivity contribution is 6.66. The fraction of sp³-hybridized carbons (Fsp3) is 0.143. The van der Waals surface area contributed by atoms with E-state index in [4.69, 9.17) is 32.1 Å². The molecule has 19 heavy (non-hydrogen) atoms. The summed E-state index contributed by atoms with van der Waals surface area (Å²) >= 11 is 11.9. The fourth-order valence-electron chi connectivity index (χ4n) is 1.65. The van der Waals surface area contributed by atoms with Crippen LogP contribution < -0.4 is 8.85 Å². The van der Waals surface area contributed by atoms with Gasteiger partial charge in [0.05, 0.1) is 0 Å². The van der Waals surface area contributed by atoms with Crippen molar-refractivity contribution in [2.75, 3.05) is 0 Å². The first-order valence-corrected chi connectivity index (χ1v) is 9.41. The molecule has 0 radical (unpaired) electrons. The first-order chi connectivity index (χ1) is 8.94. The molecule has 0 saturated carbocycles. The molecular formula is C14H14Cl2O2Si. The van der Waals surface area contributed by atoms with Crippen LogP contribution in [0.25, 0.3) is 0 Å². The van der Waals surface area contributed by atoms with E-state index in [2.05, 4.69) is 0 Å². The smallest absolute Gasteiger partial charge is 0.454 e. The van der Waals surface area contributed by atoms with Crippen molar-refractivity contribution in [2.24, 2.45) is 0 Å². The van der Waals surface area contributed by atoms with E-state index in [1.165, 1.54) is 0 Å². The quantitative estimate of drug-likeness (QED) is 0.727. The van der Waals surface area contributed by atoms with Gasteiger partial charge in [-0.2, -0.15) is 0 Å². The Bertz CT molecular complexity index is 523. The second-order valence-electron chi connectivity index (χ2n) is 4.52. The Labute approximate surface area is 124 Å². The van der Waals surface area contributed by atoms with Crippen molar-refractivity contribution in [1.82, 2.24) is 0 Å². The summed E-state index contributed by atoms with van der Waals surface area (Å²) < 4.78 is 11.8. The lowest BCUT2D eigenvalue weighted by atomic mass is 10.3. The highest BCUT2D eigenvalue weighted by atomic mass is 35.5. The molecule has 0 aromatic heterocycles. The molecule has 5 heteroatoms. The molecule has 0 aliphatic heterocycles. The number of rotatable bonds is 4. The maximum absolute atomic E-state index is 5.93. The molecule has 0 saturated heterocycles. The van der Waals surface area contributed by atoms with Gasteiger partial charge in [-0.25, -0.2) is 0 Å². The zero-order chi connectivity index (χ0) is 13.9. The standard InChI is InChI=1S/C14H14Cl2O2Si/c1-19(2,17-13-7-3-5-11(15)9-13)18-14-8-4-6-12(16)10-14/h3-10H,1-2H3. The molecule has 2 aromatic rings. The molecule has 0 unspecified atom stereocenters. The van der Waals surface area contributed by atoms with Crippen molar-refractivity contribution in [3.8, 4) is 11.5 Å². The first kappa shape index (κ1) is 14.3. The number of benzene rings is 2. The molecule has 100 valence electrons. The molecule has 0 amide bonds. The lowest BCUT2D eigenvalue weighted by molar-refractivity contribution is 0.400. The van der Waals surface area contributed by atoms with Crippen LogP contribution >= 0.6 is 23.2 Å². The van der Waals surface area contributed by atoms with Gasteiger partial charge in [-0.3, -0.25) is 0 Å². The van der Waals surface area contributed by atoms with Crippen LogP contribution in [0.3, 0.4) is 0 Å². The van der Waals surface area contributed by atoms with Gasteiger partial charge in [-0.1, -0.05) is 35.3 Å². The van der Waals surface area contributed by atoms with Crippen LogP contribution in [0, 0.1) is 0 Å². The summed E-state index contributed by atoms with van der Waals surface area (Å²) in [4.78, 5) is 0. The first-order valence-electron chi connectivity index (χ1n) is 5.84. The monoisotopic (exact) mass is 312 g/mol. The van der Waals surface area contributed by atoms with Crippen LogP contribution in [0.15, 0.2) is 48.5 Å². The summed E-state index contributed by atoms with van der Waals surface area (Å²) in [5.74, 6) is 1.43. The Balaban J connectivity index is 2.10. The van der Waals surface area contributed by atoms with E-state index in [-0.39, 0.29) is 0 Å². The average Bonchev–Trinajstić information content (AvgIpc) is 2.27. The predicted octanol–water partition coefficient (Wildman–Crippen LogP) is 5.15. The molecule has 2 aromatic carbocycles. The zero-order valence-electron chi connectivity index (χ0n) is 10.7. The molecule has 0 atom stereocenters. The minimum absolute atomic E-state index is 0.644. The maximum Gasteiger partial charge on any atom is 0.454 e. The number of halogens is 2. The van der Waals surface area contributed by atoms with Crippen LogP contribution in [-0.2, 0) is 0 Å². The molecule has 0 spiro atoms. The third-order valence-corrected chi connectivity index (χ3v) is 4.24. The van der Waals surface area contributed by atoms with Crippen molar-refractivity contribution in [1.29, 1.82) is 0 Å². The van der Waals surface area contributed by atoms with Gasteiger partial charge in [-0.05, 0) is 36.4 Å². The third-order valence-electron chi connectivity index (χ3n) is 2.32. The zero-order valence-corrected chi connectivity index (χ0v) is 13.2. The molecule has 0 aliphatic rings. The van der Waals surface area contributed by atoms with Gasteiger partial charge in [0.25, 0.3) is 0 Å². The Morgan fingerprint density at radius 2 is 1.21 bits per heavy atom. The second kappa shape index (κ2) is 5.86. The lowest BCUT2D eigenvalue weighted by Crippen LogP contribution is -2.41. The van der Waals surface area contributed by atoms with Gasteiger partial charge in [0.15, 0.2) is 0 Å². The number of hydrogen-bond donors (Lipinski definition) is 0. The highest BCUT2D eigenvalue weighted by Crippen LogP contribution is 2.24. The molecule has 2 rings (SSSR count). The topological polar surface area (TPSA) is 18.5 Å². The average molecular weight is 313 g/mol. The van der Waals surface area contributed by atoms with Crippen molar-refractivity contribution in [3.63, 3.8) is 0 Å². The van der Waals surface area contributed by atoms with Crippen LogP contribution in [0.4, 0.5) is 0 Å². The summed E-state index contributed by atoms with van der Waals surface area (Å²) in [6.45, 7) is 3.93. The van der Waals surface area contributed by atoms with Gasteiger partial charge >= 0.3 is 8.56 Å². The van der Waals surface area contributed by atoms with E-state index in [1.807, 2.05) is 37.4 Å². The van der Waals surface area contributed by atoms with E-state index < -0.39 is 8.56 Å². The predicted molar refractivity (Wildman–Crippen MR) is 81.6 cm³/mol. The Kier molecular flexibility index (Phi) is 4.40. The summed E-state index contributed by atoms with van der Waals surface area (Å²) in [5.41, 5.74) is 0. The van der Waals surface area contributed by atoms with Gasteiger partial charge in [-0.15, -0.1) is 0 Å². The van der Waals surface area contributed by atoms with Gasteiger partial charge in [0.2, 0.25) is 0 Å². The molecule has 2 nitrogen and oxygen atoms in total. The second-order valence-corrected chi connectivity index (χ2v) is 8.60. The lowest BCUT2D eigenvalue weighted by Gasteiger charge is -2.24. The van der Waals surface area contributed by atoms with Crippen molar-refractivity contribution < 1.29 is 8.85 Å². The van der Waals surface area contributed by atoms with E-state index in [9.17, 15) is 0 Å². The summed E-state index contributed by atoms with van der Waals surface area (Å²) in [6.07, 6.45) is 0. The Morgan fingerprint density at radius 1 is 0.789 bits per heavy atom. The molecule has 0 fully saturated rings. The van der Waals surface area contributed by atoms with Gasteiger partial charge in [0, 0.05) is 23.1 Å². The Hall–Kier alpha value is -1.16. The van der Waals surface area contributed by atoms with Crippen LogP contribution in [-0.4, -0.2) is 8.56 Å². The van der Waals surface area contributed by atoms with E-state index in [0.717, 1.165) is 0 Å². The van der Waals surface area contributed by atoms with Crippen molar-refractivity contribution in [3.05, 3.63) is 58.6 Å². The molecular weight excluding hydrogens is 299 g/mol. The highest BCUT2D eigenvalue weighted by Gasteiger charge is 2.29.